The number of thiazole rings is 1. The van der Waals surface area contributed by atoms with Gasteiger partial charge < -0.3 is 10.6 Å². The average Bonchev–Trinajstić information content (AvgIpc) is 2.73. The van der Waals surface area contributed by atoms with Gasteiger partial charge in [0.05, 0.1) is 5.69 Å². The molecule has 0 amide bonds. The molecule has 1 aliphatic heterocycles. The minimum atomic E-state index is 0.177. The molecule has 1 atom stereocenters. The lowest BCUT2D eigenvalue weighted by Gasteiger charge is -2.37. The first kappa shape index (κ1) is 12.4. The monoisotopic (exact) mass is 265 g/mol. The molecule has 2 N–H and O–H groups in total. The predicted molar refractivity (Wildman–Crippen MR) is 77.2 cm³/mol. The molecule has 1 unspecified atom stereocenters. The fourth-order valence-corrected chi connectivity index (χ4v) is 4.36. The van der Waals surface area contributed by atoms with Crippen LogP contribution in [0.5, 0.6) is 0 Å². The van der Waals surface area contributed by atoms with Gasteiger partial charge in [-0.25, -0.2) is 4.98 Å². The predicted octanol–water partition coefficient (Wildman–Crippen LogP) is 3.11. The van der Waals surface area contributed by atoms with Crippen LogP contribution in [-0.2, 0) is 6.42 Å². The minimum absolute atomic E-state index is 0.177. The first-order chi connectivity index (χ1) is 8.55. The molecule has 1 aliphatic carbocycles. The molecule has 2 aliphatic rings. The van der Waals surface area contributed by atoms with Crippen LogP contribution in [0.2, 0.25) is 0 Å². The highest BCUT2D eigenvalue weighted by Gasteiger charge is 2.30. The highest BCUT2D eigenvalue weighted by Crippen LogP contribution is 2.38. The summed E-state index contributed by atoms with van der Waals surface area (Å²) in [6.07, 6.45) is 6.11. The van der Waals surface area contributed by atoms with Gasteiger partial charge in [0.25, 0.3) is 0 Å². The molecule has 0 aromatic carbocycles. The number of hydrogen-bond donors (Lipinski definition) is 1. The highest BCUT2D eigenvalue weighted by molar-refractivity contribution is 7.15. The van der Waals surface area contributed by atoms with E-state index < -0.39 is 0 Å². The summed E-state index contributed by atoms with van der Waals surface area (Å²) in [4.78, 5) is 8.75. The summed E-state index contributed by atoms with van der Waals surface area (Å²) >= 11 is 1.88. The van der Waals surface area contributed by atoms with E-state index in [1.54, 1.807) is 0 Å². The van der Waals surface area contributed by atoms with Gasteiger partial charge in [0.15, 0.2) is 5.13 Å². The van der Waals surface area contributed by atoms with Crippen LogP contribution >= 0.6 is 11.3 Å². The van der Waals surface area contributed by atoms with E-state index >= 15 is 0 Å². The van der Waals surface area contributed by atoms with Gasteiger partial charge in [0.1, 0.15) is 0 Å². The number of anilines is 1. The van der Waals surface area contributed by atoms with Crippen molar-refractivity contribution in [2.75, 3.05) is 18.0 Å². The summed E-state index contributed by atoms with van der Waals surface area (Å²) in [5.41, 5.74) is 7.78. The maximum Gasteiger partial charge on any atom is 0.185 e. The highest BCUT2D eigenvalue weighted by atomic mass is 32.1. The van der Waals surface area contributed by atoms with Gasteiger partial charge >= 0.3 is 0 Å². The smallest absolute Gasteiger partial charge is 0.185 e. The number of nitrogens with zero attached hydrogens (tertiary/aromatic N) is 2. The van der Waals surface area contributed by atoms with Gasteiger partial charge in [0.2, 0.25) is 0 Å². The van der Waals surface area contributed by atoms with Crippen LogP contribution in [0.1, 0.15) is 56.1 Å². The van der Waals surface area contributed by atoms with Crippen LogP contribution < -0.4 is 10.6 Å². The molecule has 1 aromatic heterocycles. The minimum Gasteiger partial charge on any atom is -0.348 e. The molecule has 1 saturated heterocycles. The Hall–Kier alpha value is -0.610. The van der Waals surface area contributed by atoms with Crippen molar-refractivity contribution in [1.29, 1.82) is 0 Å². The Morgan fingerprint density at radius 2 is 2.22 bits per heavy atom. The maximum absolute atomic E-state index is 6.17. The summed E-state index contributed by atoms with van der Waals surface area (Å²) in [6.45, 7) is 7.01. The normalized spacial score (nSPS) is 27.1. The summed E-state index contributed by atoms with van der Waals surface area (Å²) in [7, 11) is 0. The summed E-state index contributed by atoms with van der Waals surface area (Å²) < 4.78 is 0. The SMILES string of the molecule is CC1(C)CCCN(c2nc3c(s2)CCCC3N)C1. The van der Waals surface area contributed by atoms with Crippen LogP contribution in [0.15, 0.2) is 0 Å². The van der Waals surface area contributed by atoms with Crippen molar-refractivity contribution in [3.8, 4) is 0 Å². The summed E-state index contributed by atoms with van der Waals surface area (Å²) in [5.74, 6) is 0. The Bertz CT molecular complexity index is 438. The topological polar surface area (TPSA) is 42.2 Å². The Morgan fingerprint density at radius 1 is 1.39 bits per heavy atom. The first-order valence-corrected chi connectivity index (χ1v) is 7.87. The third-order valence-corrected chi connectivity index (χ3v) is 5.35. The number of fused-ring (bicyclic) bond motifs is 1. The van der Waals surface area contributed by atoms with E-state index in [0.717, 1.165) is 19.5 Å². The van der Waals surface area contributed by atoms with Gasteiger partial charge in [-0.05, 0) is 37.5 Å². The van der Waals surface area contributed by atoms with Crippen LogP contribution in [0, 0.1) is 5.41 Å². The maximum atomic E-state index is 6.17. The van der Waals surface area contributed by atoms with Gasteiger partial charge in [-0.3, -0.25) is 0 Å². The number of aryl methyl sites for hydroxylation is 1. The van der Waals surface area contributed by atoms with Crippen molar-refractivity contribution in [2.24, 2.45) is 11.1 Å². The standard InChI is InChI=1S/C14H23N3S/c1-14(2)7-4-8-17(9-14)13-16-12-10(15)5-3-6-11(12)18-13/h10H,3-9,15H2,1-2H3. The van der Waals surface area contributed by atoms with Crippen molar-refractivity contribution in [1.82, 2.24) is 4.98 Å². The number of piperidine rings is 1. The molecule has 2 heterocycles. The third-order valence-electron chi connectivity index (χ3n) is 4.16. The summed E-state index contributed by atoms with van der Waals surface area (Å²) in [6, 6.07) is 0.177. The van der Waals surface area contributed by atoms with Crippen molar-refractivity contribution < 1.29 is 0 Å². The second-order valence-corrected chi connectivity index (χ2v) is 7.55. The van der Waals surface area contributed by atoms with Crippen molar-refractivity contribution in [2.45, 2.75) is 52.0 Å². The lowest BCUT2D eigenvalue weighted by atomic mass is 9.84. The number of hydrogen-bond acceptors (Lipinski definition) is 4. The molecule has 0 radical (unpaired) electrons. The Morgan fingerprint density at radius 3 is 2.94 bits per heavy atom. The molecule has 3 nitrogen and oxygen atoms in total. The molecule has 1 fully saturated rings. The van der Waals surface area contributed by atoms with E-state index in [1.807, 2.05) is 11.3 Å². The van der Waals surface area contributed by atoms with E-state index in [-0.39, 0.29) is 6.04 Å². The zero-order valence-corrected chi connectivity index (χ0v) is 12.2. The van der Waals surface area contributed by atoms with Crippen LogP contribution in [0.3, 0.4) is 0 Å². The second-order valence-electron chi connectivity index (χ2n) is 6.49. The Kier molecular flexibility index (Phi) is 3.10. The van der Waals surface area contributed by atoms with Crippen LogP contribution in [0.25, 0.3) is 0 Å². The molecule has 0 spiro atoms. The largest absolute Gasteiger partial charge is 0.348 e. The zero-order chi connectivity index (χ0) is 12.8. The van der Waals surface area contributed by atoms with Crippen molar-refractivity contribution in [3.05, 3.63) is 10.6 Å². The molecule has 0 bridgehead atoms. The molecular formula is C14H23N3S. The molecule has 4 heteroatoms. The quantitative estimate of drug-likeness (QED) is 0.848. The van der Waals surface area contributed by atoms with E-state index in [0.29, 0.717) is 5.41 Å². The van der Waals surface area contributed by atoms with Gasteiger partial charge in [0, 0.05) is 24.0 Å². The fraction of sp³-hybridized carbons (Fsp3) is 0.786. The number of aromatic nitrogens is 1. The molecular weight excluding hydrogens is 242 g/mol. The number of rotatable bonds is 1. The van der Waals surface area contributed by atoms with E-state index in [2.05, 4.69) is 18.7 Å². The van der Waals surface area contributed by atoms with Crippen LogP contribution in [0.4, 0.5) is 5.13 Å². The second kappa shape index (κ2) is 4.49. The Balaban J connectivity index is 1.84. The fourth-order valence-electron chi connectivity index (χ4n) is 3.16. The summed E-state index contributed by atoms with van der Waals surface area (Å²) in [5, 5.41) is 1.21. The molecule has 3 rings (SSSR count). The molecule has 18 heavy (non-hydrogen) atoms. The van der Waals surface area contributed by atoms with E-state index in [1.165, 1.54) is 41.4 Å². The Labute approximate surface area is 113 Å². The lowest BCUT2D eigenvalue weighted by molar-refractivity contribution is 0.293. The molecule has 100 valence electrons. The van der Waals surface area contributed by atoms with Gasteiger partial charge in [-0.15, -0.1) is 11.3 Å². The third kappa shape index (κ3) is 2.28. The molecule has 0 saturated carbocycles. The van der Waals surface area contributed by atoms with Gasteiger partial charge in [-0.1, -0.05) is 13.8 Å². The lowest BCUT2D eigenvalue weighted by Crippen LogP contribution is -2.40. The average molecular weight is 265 g/mol. The van der Waals surface area contributed by atoms with Crippen molar-refractivity contribution >= 4 is 16.5 Å². The van der Waals surface area contributed by atoms with E-state index in [4.69, 9.17) is 10.7 Å². The zero-order valence-electron chi connectivity index (χ0n) is 11.4. The van der Waals surface area contributed by atoms with Crippen molar-refractivity contribution in [3.63, 3.8) is 0 Å². The molecule has 1 aromatic rings. The first-order valence-electron chi connectivity index (χ1n) is 7.05. The number of nitrogens with two attached hydrogens (primary N) is 1. The van der Waals surface area contributed by atoms with Gasteiger partial charge in [-0.2, -0.15) is 0 Å². The van der Waals surface area contributed by atoms with Crippen LogP contribution in [-0.4, -0.2) is 18.1 Å². The van der Waals surface area contributed by atoms with E-state index in [9.17, 15) is 0 Å².